The van der Waals surface area contributed by atoms with E-state index in [9.17, 15) is 4.79 Å². The highest BCUT2D eigenvalue weighted by molar-refractivity contribution is 5.92. The summed E-state index contributed by atoms with van der Waals surface area (Å²) in [7, 11) is 3.22. The van der Waals surface area contributed by atoms with Crippen LogP contribution >= 0.6 is 0 Å². The number of methoxy groups -OCH3 is 2. The molecular formula is C25H23N3O5. The Balaban J connectivity index is 1.28. The smallest absolute Gasteiger partial charge is 0.254 e. The lowest BCUT2D eigenvalue weighted by Crippen LogP contribution is -2.14. The lowest BCUT2D eigenvalue weighted by atomic mass is 10.1. The van der Waals surface area contributed by atoms with E-state index < -0.39 is 0 Å². The number of hydrogen-bond donors (Lipinski definition) is 1. The predicted octanol–water partition coefficient (Wildman–Crippen LogP) is 4.51. The van der Waals surface area contributed by atoms with Crippen LogP contribution in [0.15, 0.2) is 77.2 Å². The van der Waals surface area contributed by atoms with Crippen molar-refractivity contribution >= 4 is 11.6 Å². The molecule has 0 aliphatic carbocycles. The highest BCUT2D eigenvalue weighted by atomic mass is 16.5. The van der Waals surface area contributed by atoms with E-state index in [0.717, 1.165) is 22.6 Å². The Kier molecular flexibility index (Phi) is 6.84. The first-order chi connectivity index (χ1) is 16.1. The molecule has 8 heteroatoms. The second kappa shape index (κ2) is 10.3. The molecule has 0 aliphatic rings. The lowest BCUT2D eigenvalue weighted by Gasteiger charge is -2.08. The highest BCUT2D eigenvalue weighted by Crippen LogP contribution is 2.22. The van der Waals surface area contributed by atoms with Crippen molar-refractivity contribution in [1.29, 1.82) is 0 Å². The SMILES string of the molecule is COc1ccc(CC(=O)Nc2ccc(OCc3nnc(-c4ccc(OC)cc4)o3)cc2)cc1. The third-order valence-corrected chi connectivity index (χ3v) is 4.83. The van der Waals surface area contributed by atoms with Gasteiger partial charge in [0.25, 0.3) is 5.89 Å². The van der Waals surface area contributed by atoms with Crippen molar-refractivity contribution in [2.75, 3.05) is 19.5 Å². The van der Waals surface area contributed by atoms with Crippen LogP contribution in [0.4, 0.5) is 5.69 Å². The third kappa shape index (κ3) is 5.88. The number of amides is 1. The van der Waals surface area contributed by atoms with E-state index in [1.165, 1.54) is 0 Å². The zero-order valence-electron chi connectivity index (χ0n) is 18.3. The largest absolute Gasteiger partial charge is 0.497 e. The van der Waals surface area contributed by atoms with Crippen LogP contribution in [0, 0.1) is 0 Å². The Morgan fingerprint density at radius 2 is 1.42 bits per heavy atom. The molecule has 0 atom stereocenters. The molecule has 0 spiro atoms. The average molecular weight is 445 g/mol. The average Bonchev–Trinajstić information content (AvgIpc) is 3.33. The maximum absolute atomic E-state index is 12.3. The number of nitrogens with one attached hydrogen (secondary N) is 1. The van der Waals surface area contributed by atoms with Crippen molar-refractivity contribution in [2.45, 2.75) is 13.0 Å². The minimum absolute atomic E-state index is 0.106. The summed E-state index contributed by atoms with van der Waals surface area (Å²) in [4.78, 5) is 12.3. The number of anilines is 1. The van der Waals surface area contributed by atoms with E-state index >= 15 is 0 Å². The number of benzene rings is 3. The molecule has 1 aromatic heterocycles. The summed E-state index contributed by atoms with van der Waals surface area (Å²) in [6.07, 6.45) is 0.274. The first-order valence-electron chi connectivity index (χ1n) is 10.3. The molecule has 4 rings (SSSR count). The molecule has 3 aromatic carbocycles. The van der Waals surface area contributed by atoms with Crippen LogP contribution in [0.2, 0.25) is 0 Å². The number of carbonyl (C=O) groups excluding carboxylic acids is 1. The van der Waals surface area contributed by atoms with Crippen LogP contribution in [0.25, 0.3) is 11.5 Å². The Morgan fingerprint density at radius 1 is 0.818 bits per heavy atom. The molecule has 1 N–H and O–H groups in total. The molecule has 8 nitrogen and oxygen atoms in total. The summed E-state index contributed by atoms with van der Waals surface area (Å²) < 4.78 is 21.7. The fourth-order valence-corrected chi connectivity index (χ4v) is 3.08. The molecule has 0 saturated heterocycles. The molecule has 0 radical (unpaired) electrons. The first kappa shape index (κ1) is 21.9. The monoisotopic (exact) mass is 445 g/mol. The van der Waals surface area contributed by atoms with Crippen LogP contribution in [0.1, 0.15) is 11.5 Å². The van der Waals surface area contributed by atoms with Gasteiger partial charge in [-0.05, 0) is 66.2 Å². The number of carbonyl (C=O) groups is 1. The Labute approximate surface area is 191 Å². The summed E-state index contributed by atoms with van der Waals surface area (Å²) in [6.45, 7) is 0.131. The molecular weight excluding hydrogens is 422 g/mol. The minimum atomic E-state index is -0.106. The Hall–Kier alpha value is -4.33. The van der Waals surface area contributed by atoms with Gasteiger partial charge in [-0.3, -0.25) is 4.79 Å². The van der Waals surface area contributed by atoms with Gasteiger partial charge in [-0.25, -0.2) is 0 Å². The van der Waals surface area contributed by atoms with E-state index in [2.05, 4.69) is 15.5 Å². The summed E-state index contributed by atoms with van der Waals surface area (Å²) in [6, 6.07) is 21.8. The minimum Gasteiger partial charge on any atom is -0.497 e. The van der Waals surface area contributed by atoms with Crippen LogP contribution < -0.4 is 19.5 Å². The van der Waals surface area contributed by atoms with E-state index in [1.807, 2.05) is 48.5 Å². The summed E-state index contributed by atoms with van der Waals surface area (Å²) >= 11 is 0. The van der Waals surface area contributed by atoms with Gasteiger partial charge in [-0.2, -0.15) is 0 Å². The Morgan fingerprint density at radius 3 is 2.06 bits per heavy atom. The van der Waals surface area contributed by atoms with Crippen LogP contribution in [0.3, 0.4) is 0 Å². The number of nitrogens with zero attached hydrogens (tertiary/aromatic N) is 2. The number of aromatic nitrogens is 2. The van der Waals surface area contributed by atoms with E-state index in [-0.39, 0.29) is 18.9 Å². The van der Waals surface area contributed by atoms with Gasteiger partial charge in [0.05, 0.1) is 20.6 Å². The topological polar surface area (TPSA) is 95.7 Å². The molecule has 0 bridgehead atoms. The highest BCUT2D eigenvalue weighted by Gasteiger charge is 2.10. The van der Waals surface area contributed by atoms with Gasteiger partial charge >= 0.3 is 0 Å². The lowest BCUT2D eigenvalue weighted by molar-refractivity contribution is -0.115. The second-order valence-corrected chi connectivity index (χ2v) is 7.12. The fourth-order valence-electron chi connectivity index (χ4n) is 3.08. The summed E-state index contributed by atoms with van der Waals surface area (Å²) in [5.41, 5.74) is 2.38. The fraction of sp³-hybridized carbons (Fsp3) is 0.160. The molecule has 4 aromatic rings. The van der Waals surface area contributed by atoms with Crippen molar-refractivity contribution in [3.05, 3.63) is 84.3 Å². The van der Waals surface area contributed by atoms with Gasteiger partial charge in [0.1, 0.15) is 17.2 Å². The number of hydrogen-bond acceptors (Lipinski definition) is 7. The second-order valence-electron chi connectivity index (χ2n) is 7.12. The Bertz CT molecular complexity index is 1190. The zero-order valence-corrected chi connectivity index (χ0v) is 18.3. The third-order valence-electron chi connectivity index (χ3n) is 4.83. The van der Waals surface area contributed by atoms with Gasteiger partial charge in [-0.15, -0.1) is 10.2 Å². The summed E-state index contributed by atoms with van der Waals surface area (Å²) in [5.74, 6) is 2.79. The standard InChI is InChI=1S/C25H23N3O5/c1-30-20-9-3-17(4-10-20)15-23(29)26-19-7-13-22(14-8-19)32-16-24-27-28-25(33-24)18-5-11-21(31-2)12-6-18/h3-14H,15-16H2,1-2H3,(H,26,29). The van der Waals surface area contributed by atoms with Gasteiger partial charge in [-0.1, -0.05) is 12.1 Å². The molecule has 0 fully saturated rings. The molecule has 1 heterocycles. The van der Waals surface area contributed by atoms with Crippen LogP contribution in [-0.2, 0) is 17.8 Å². The maximum Gasteiger partial charge on any atom is 0.254 e. The molecule has 1 amide bonds. The van der Waals surface area contributed by atoms with E-state index in [0.29, 0.717) is 23.2 Å². The van der Waals surface area contributed by atoms with Gasteiger partial charge in [0.2, 0.25) is 11.8 Å². The zero-order chi connectivity index (χ0) is 23.0. The van der Waals surface area contributed by atoms with Crippen LogP contribution in [0.5, 0.6) is 17.2 Å². The molecule has 0 saturated carbocycles. The van der Waals surface area contributed by atoms with Crippen molar-refractivity contribution in [3.63, 3.8) is 0 Å². The van der Waals surface area contributed by atoms with Crippen molar-refractivity contribution < 1.29 is 23.4 Å². The summed E-state index contributed by atoms with van der Waals surface area (Å²) in [5, 5.41) is 10.9. The van der Waals surface area contributed by atoms with Gasteiger partial charge < -0.3 is 23.9 Å². The van der Waals surface area contributed by atoms with Crippen molar-refractivity contribution in [3.8, 4) is 28.7 Å². The van der Waals surface area contributed by atoms with Crippen LogP contribution in [-0.4, -0.2) is 30.3 Å². The van der Waals surface area contributed by atoms with E-state index in [1.54, 1.807) is 38.5 Å². The number of rotatable bonds is 9. The molecule has 33 heavy (non-hydrogen) atoms. The molecule has 0 unspecified atom stereocenters. The van der Waals surface area contributed by atoms with E-state index in [4.69, 9.17) is 18.6 Å². The first-order valence-corrected chi connectivity index (χ1v) is 10.3. The number of ether oxygens (including phenoxy) is 3. The molecule has 168 valence electrons. The normalized spacial score (nSPS) is 10.5. The van der Waals surface area contributed by atoms with Crippen molar-refractivity contribution in [1.82, 2.24) is 10.2 Å². The quantitative estimate of drug-likeness (QED) is 0.405. The maximum atomic E-state index is 12.3. The van der Waals surface area contributed by atoms with Gasteiger partial charge in [0.15, 0.2) is 6.61 Å². The van der Waals surface area contributed by atoms with Gasteiger partial charge in [0, 0.05) is 11.3 Å². The predicted molar refractivity (Wildman–Crippen MR) is 122 cm³/mol. The molecule has 0 aliphatic heterocycles. The van der Waals surface area contributed by atoms with Crippen molar-refractivity contribution in [2.24, 2.45) is 0 Å².